The number of benzene rings is 1. The summed E-state index contributed by atoms with van der Waals surface area (Å²) < 4.78 is 0. The number of aliphatic hydroxyl groups excluding tert-OH is 2. The number of rotatable bonds is 3. The highest BCUT2D eigenvalue weighted by Crippen LogP contribution is 2.20. The van der Waals surface area contributed by atoms with Gasteiger partial charge in [-0.15, -0.1) is 0 Å². The molecule has 1 fully saturated rings. The fraction of sp³-hybridized carbons (Fsp3) is 0.533. The minimum atomic E-state index is -0.546. The van der Waals surface area contributed by atoms with E-state index in [1.807, 2.05) is 6.92 Å². The summed E-state index contributed by atoms with van der Waals surface area (Å²) in [4.78, 5) is 2.18. The molecule has 0 amide bonds. The summed E-state index contributed by atoms with van der Waals surface area (Å²) in [5.74, 6) is 0.252. The summed E-state index contributed by atoms with van der Waals surface area (Å²) in [6, 6.07) is 9.11. The molecule has 1 aliphatic heterocycles. The Kier molecular flexibility index (Phi) is 4.54. The summed E-state index contributed by atoms with van der Waals surface area (Å²) >= 11 is 0. The topological polar surface area (TPSA) is 67.5 Å². The van der Waals surface area contributed by atoms with Crippen molar-refractivity contribution in [2.24, 2.45) is 5.92 Å². The Morgan fingerprint density at radius 1 is 1.42 bits per heavy atom. The second-order valence-electron chi connectivity index (χ2n) is 5.34. The van der Waals surface area contributed by atoms with Gasteiger partial charge in [-0.2, -0.15) is 5.26 Å². The van der Waals surface area contributed by atoms with Crippen LogP contribution in [0, 0.1) is 17.2 Å². The number of β-amino-alcohol motifs (C(OH)–C–C–N with tert-alkyl or cyclic N) is 1. The molecule has 1 saturated heterocycles. The van der Waals surface area contributed by atoms with Crippen LogP contribution < -0.4 is 0 Å². The molecule has 1 heterocycles. The second kappa shape index (κ2) is 6.16. The second-order valence-corrected chi connectivity index (χ2v) is 5.34. The van der Waals surface area contributed by atoms with Crippen molar-refractivity contribution >= 4 is 0 Å². The van der Waals surface area contributed by atoms with Gasteiger partial charge in [-0.05, 0) is 30.0 Å². The van der Waals surface area contributed by atoms with Crippen molar-refractivity contribution < 1.29 is 10.2 Å². The van der Waals surface area contributed by atoms with Crippen LogP contribution in [0.5, 0.6) is 0 Å². The minimum absolute atomic E-state index is 0.219. The zero-order valence-corrected chi connectivity index (χ0v) is 11.2. The first-order valence-corrected chi connectivity index (χ1v) is 6.68. The standard InChI is InChI=1S/C15H20N2O2/c1-11-9-17(7-6-14(11)18)10-15(19)13-4-2-12(8-16)3-5-13/h2-5,11,14-15,18-19H,6-7,9-10H2,1H3. The van der Waals surface area contributed by atoms with Crippen molar-refractivity contribution in [2.75, 3.05) is 19.6 Å². The van der Waals surface area contributed by atoms with Gasteiger partial charge in [-0.25, -0.2) is 0 Å². The third kappa shape index (κ3) is 3.54. The molecule has 0 spiro atoms. The summed E-state index contributed by atoms with van der Waals surface area (Å²) in [6.07, 6.45) is -0.000151. The number of nitrogens with zero attached hydrogens (tertiary/aromatic N) is 2. The van der Waals surface area contributed by atoms with Gasteiger partial charge < -0.3 is 10.2 Å². The highest BCUT2D eigenvalue weighted by molar-refractivity contribution is 5.32. The van der Waals surface area contributed by atoms with Gasteiger partial charge in [0.15, 0.2) is 0 Å². The number of piperidine rings is 1. The molecule has 102 valence electrons. The maximum absolute atomic E-state index is 10.2. The Morgan fingerprint density at radius 3 is 2.68 bits per heavy atom. The van der Waals surface area contributed by atoms with E-state index in [1.54, 1.807) is 24.3 Å². The molecule has 0 aromatic heterocycles. The predicted molar refractivity (Wildman–Crippen MR) is 72.3 cm³/mol. The van der Waals surface area contributed by atoms with Crippen LogP contribution in [-0.4, -0.2) is 40.9 Å². The lowest BCUT2D eigenvalue weighted by Gasteiger charge is -2.35. The molecule has 2 N–H and O–H groups in total. The fourth-order valence-electron chi connectivity index (χ4n) is 2.52. The molecule has 4 heteroatoms. The fourth-order valence-corrected chi connectivity index (χ4v) is 2.52. The summed E-state index contributed by atoms with van der Waals surface area (Å²) in [7, 11) is 0. The number of hydrogen-bond donors (Lipinski definition) is 2. The molecular formula is C15H20N2O2. The molecule has 0 bridgehead atoms. The summed E-state index contributed by atoms with van der Waals surface area (Å²) in [5.41, 5.74) is 1.43. The van der Waals surface area contributed by atoms with Crippen molar-refractivity contribution in [1.82, 2.24) is 4.90 Å². The van der Waals surface area contributed by atoms with Crippen molar-refractivity contribution in [1.29, 1.82) is 5.26 Å². The first-order valence-electron chi connectivity index (χ1n) is 6.68. The molecule has 1 aromatic rings. The maximum atomic E-state index is 10.2. The molecule has 1 aliphatic rings. The van der Waals surface area contributed by atoms with Crippen LogP contribution in [0.15, 0.2) is 24.3 Å². The zero-order chi connectivity index (χ0) is 13.8. The van der Waals surface area contributed by atoms with Crippen LogP contribution in [0.1, 0.15) is 30.6 Å². The van der Waals surface area contributed by atoms with Crippen LogP contribution in [0.4, 0.5) is 0 Å². The molecule has 2 rings (SSSR count). The monoisotopic (exact) mass is 260 g/mol. The van der Waals surface area contributed by atoms with E-state index in [4.69, 9.17) is 5.26 Å². The molecule has 0 saturated carbocycles. The first kappa shape index (κ1) is 14.0. The number of likely N-dealkylation sites (tertiary alicyclic amines) is 1. The first-order chi connectivity index (χ1) is 9.10. The third-order valence-electron chi connectivity index (χ3n) is 3.80. The van der Waals surface area contributed by atoms with Crippen LogP contribution >= 0.6 is 0 Å². The van der Waals surface area contributed by atoms with Crippen LogP contribution in [0.3, 0.4) is 0 Å². The number of aliphatic hydroxyl groups is 2. The van der Waals surface area contributed by atoms with Crippen LogP contribution in [0.2, 0.25) is 0 Å². The quantitative estimate of drug-likeness (QED) is 0.859. The average Bonchev–Trinajstić information content (AvgIpc) is 2.43. The van der Waals surface area contributed by atoms with Gasteiger partial charge in [0.25, 0.3) is 0 Å². The lowest BCUT2D eigenvalue weighted by atomic mass is 9.96. The van der Waals surface area contributed by atoms with E-state index in [2.05, 4.69) is 11.0 Å². The van der Waals surface area contributed by atoms with Gasteiger partial charge in [0.05, 0.1) is 23.8 Å². The third-order valence-corrected chi connectivity index (χ3v) is 3.80. The predicted octanol–water partition coefficient (Wildman–Crippen LogP) is 1.29. The molecule has 0 radical (unpaired) electrons. The van der Waals surface area contributed by atoms with Crippen molar-refractivity contribution in [3.63, 3.8) is 0 Å². The van der Waals surface area contributed by atoms with Gasteiger partial charge >= 0.3 is 0 Å². The summed E-state index contributed by atoms with van der Waals surface area (Å²) in [6.45, 7) is 4.24. The normalized spacial score (nSPS) is 25.8. The van der Waals surface area contributed by atoms with E-state index in [1.165, 1.54) is 0 Å². The van der Waals surface area contributed by atoms with Crippen molar-refractivity contribution in [3.8, 4) is 6.07 Å². The summed E-state index contributed by atoms with van der Waals surface area (Å²) in [5, 5.41) is 28.6. The smallest absolute Gasteiger partial charge is 0.0991 e. The molecule has 19 heavy (non-hydrogen) atoms. The van der Waals surface area contributed by atoms with Crippen molar-refractivity contribution in [2.45, 2.75) is 25.6 Å². The van der Waals surface area contributed by atoms with Gasteiger partial charge in [0.2, 0.25) is 0 Å². The highest BCUT2D eigenvalue weighted by atomic mass is 16.3. The Morgan fingerprint density at radius 2 is 2.11 bits per heavy atom. The highest BCUT2D eigenvalue weighted by Gasteiger charge is 2.25. The van der Waals surface area contributed by atoms with E-state index in [0.717, 1.165) is 25.1 Å². The van der Waals surface area contributed by atoms with E-state index >= 15 is 0 Å². The molecule has 4 nitrogen and oxygen atoms in total. The molecule has 0 aliphatic carbocycles. The SMILES string of the molecule is CC1CN(CC(O)c2ccc(C#N)cc2)CCC1O. The Balaban J connectivity index is 1.93. The van der Waals surface area contributed by atoms with E-state index < -0.39 is 6.10 Å². The average molecular weight is 260 g/mol. The van der Waals surface area contributed by atoms with Gasteiger partial charge in [0, 0.05) is 19.6 Å². The van der Waals surface area contributed by atoms with E-state index in [0.29, 0.717) is 12.1 Å². The van der Waals surface area contributed by atoms with E-state index in [9.17, 15) is 10.2 Å². The molecule has 1 aromatic carbocycles. The Labute approximate surface area is 113 Å². The Bertz CT molecular complexity index is 452. The van der Waals surface area contributed by atoms with Gasteiger partial charge in [0.1, 0.15) is 0 Å². The maximum Gasteiger partial charge on any atom is 0.0991 e. The largest absolute Gasteiger partial charge is 0.393 e. The van der Waals surface area contributed by atoms with Crippen LogP contribution in [-0.2, 0) is 0 Å². The van der Waals surface area contributed by atoms with Crippen LogP contribution in [0.25, 0.3) is 0 Å². The van der Waals surface area contributed by atoms with Gasteiger partial charge in [-0.1, -0.05) is 19.1 Å². The molecule has 3 atom stereocenters. The molecular weight excluding hydrogens is 240 g/mol. The van der Waals surface area contributed by atoms with E-state index in [-0.39, 0.29) is 12.0 Å². The number of hydrogen-bond acceptors (Lipinski definition) is 4. The number of nitriles is 1. The minimum Gasteiger partial charge on any atom is -0.393 e. The lowest BCUT2D eigenvalue weighted by Crippen LogP contribution is -2.43. The molecule has 3 unspecified atom stereocenters. The Hall–Kier alpha value is -1.41. The zero-order valence-electron chi connectivity index (χ0n) is 11.2. The van der Waals surface area contributed by atoms with Crippen molar-refractivity contribution in [3.05, 3.63) is 35.4 Å². The van der Waals surface area contributed by atoms with Gasteiger partial charge in [-0.3, -0.25) is 4.90 Å². The lowest BCUT2D eigenvalue weighted by molar-refractivity contribution is 0.0147.